The Morgan fingerprint density at radius 3 is 2.09 bits per heavy atom. The van der Waals surface area contributed by atoms with Gasteiger partial charge in [-0.2, -0.15) is 0 Å². The number of carboxylic acids is 1. The van der Waals surface area contributed by atoms with Gasteiger partial charge >= 0.3 is 5.97 Å². The van der Waals surface area contributed by atoms with Gasteiger partial charge in [-0.05, 0) is 24.2 Å². The Bertz CT molecular complexity index is 811. The van der Waals surface area contributed by atoms with Crippen LogP contribution in [0.3, 0.4) is 0 Å². The first kappa shape index (κ1) is 29.1. The van der Waals surface area contributed by atoms with Crippen LogP contribution in [0, 0.1) is 17.8 Å². The molecule has 0 aromatic carbocycles. The van der Waals surface area contributed by atoms with Gasteiger partial charge in [0.2, 0.25) is 17.7 Å². The summed E-state index contributed by atoms with van der Waals surface area (Å²) in [4.78, 5) is 57.1. The lowest BCUT2D eigenvalue weighted by Crippen LogP contribution is -2.59. The minimum absolute atomic E-state index is 0.0159. The molecule has 0 saturated carbocycles. The average Bonchev–Trinajstić information content (AvgIpc) is 3.27. The van der Waals surface area contributed by atoms with Gasteiger partial charge in [-0.1, -0.05) is 48.0 Å². The molecule has 0 aliphatic carbocycles. The summed E-state index contributed by atoms with van der Waals surface area (Å²) < 4.78 is 0. The first-order valence-corrected chi connectivity index (χ1v) is 11.7. The molecule has 0 radical (unpaired) electrons. The number of nitrogens with two attached hydrogens (primary N) is 1. The number of aromatic nitrogens is 2. The molecule has 5 atom stereocenters. The highest BCUT2D eigenvalue weighted by Crippen LogP contribution is 2.12. The number of aliphatic carboxylic acids is 1. The molecule has 1 heterocycles. The third-order valence-corrected chi connectivity index (χ3v) is 5.75. The van der Waals surface area contributed by atoms with Gasteiger partial charge in [-0.15, -0.1) is 0 Å². The summed E-state index contributed by atoms with van der Waals surface area (Å²) in [7, 11) is 0. The Labute approximate surface area is 201 Å². The molecule has 0 saturated heterocycles. The van der Waals surface area contributed by atoms with Crippen LogP contribution in [-0.2, 0) is 25.6 Å². The number of imidazole rings is 1. The number of carbonyl (C=O) groups excluding carboxylic acids is 3. The van der Waals surface area contributed by atoms with Gasteiger partial charge in [0.15, 0.2) is 0 Å². The van der Waals surface area contributed by atoms with Crippen molar-refractivity contribution in [1.82, 2.24) is 25.9 Å². The molecule has 3 amide bonds. The third kappa shape index (κ3) is 9.12. The molecule has 5 unspecified atom stereocenters. The number of nitrogens with zero attached hydrogens (tertiary/aromatic N) is 1. The summed E-state index contributed by atoms with van der Waals surface area (Å²) in [6.45, 7) is 11.1. The van der Waals surface area contributed by atoms with Gasteiger partial charge in [0.25, 0.3) is 0 Å². The van der Waals surface area contributed by atoms with E-state index in [-0.39, 0.29) is 24.2 Å². The van der Waals surface area contributed by atoms with E-state index in [1.165, 1.54) is 12.5 Å². The zero-order valence-electron chi connectivity index (χ0n) is 20.9. The van der Waals surface area contributed by atoms with E-state index in [1.807, 2.05) is 41.5 Å². The number of H-pyrrole nitrogens is 1. The van der Waals surface area contributed by atoms with Crippen molar-refractivity contribution in [2.45, 2.75) is 85.0 Å². The molecule has 0 bridgehead atoms. The number of amides is 3. The molecule has 11 nitrogen and oxygen atoms in total. The lowest BCUT2D eigenvalue weighted by Gasteiger charge is -2.29. The van der Waals surface area contributed by atoms with Crippen molar-refractivity contribution in [1.29, 1.82) is 0 Å². The molecule has 1 rings (SSSR count). The van der Waals surface area contributed by atoms with Crippen LogP contribution >= 0.6 is 0 Å². The topological polar surface area (TPSA) is 179 Å². The van der Waals surface area contributed by atoms with Crippen LogP contribution in [0.1, 0.15) is 60.1 Å². The van der Waals surface area contributed by atoms with Crippen LogP contribution in [0.5, 0.6) is 0 Å². The predicted molar refractivity (Wildman–Crippen MR) is 127 cm³/mol. The van der Waals surface area contributed by atoms with Gasteiger partial charge in [0, 0.05) is 18.3 Å². The predicted octanol–water partition coefficient (Wildman–Crippen LogP) is 0.567. The van der Waals surface area contributed by atoms with Crippen molar-refractivity contribution in [3.63, 3.8) is 0 Å². The van der Waals surface area contributed by atoms with Crippen LogP contribution in [0.2, 0.25) is 0 Å². The summed E-state index contributed by atoms with van der Waals surface area (Å²) in [5, 5.41) is 17.5. The van der Waals surface area contributed by atoms with Gasteiger partial charge in [0.1, 0.15) is 18.1 Å². The van der Waals surface area contributed by atoms with Crippen molar-refractivity contribution >= 4 is 23.7 Å². The van der Waals surface area contributed by atoms with Crippen molar-refractivity contribution in [2.75, 3.05) is 0 Å². The van der Waals surface area contributed by atoms with Gasteiger partial charge in [-0.25, -0.2) is 9.78 Å². The van der Waals surface area contributed by atoms with E-state index in [9.17, 15) is 24.3 Å². The van der Waals surface area contributed by atoms with Gasteiger partial charge in [0.05, 0.1) is 12.4 Å². The fraction of sp³-hybridized carbons (Fsp3) is 0.696. The van der Waals surface area contributed by atoms with Crippen LogP contribution in [-0.4, -0.2) is 62.9 Å². The molecule has 1 aromatic heterocycles. The lowest BCUT2D eigenvalue weighted by molar-refractivity contribution is -0.142. The summed E-state index contributed by atoms with van der Waals surface area (Å²) in [6, 6.07) is -3.83. The highest BCUT2D eigenvalue weighted by atomic mass is 16.4. The molecule has 0 aliphatic rings. The number of hydrogen-bond donors (Lipinski definition) is 6. The molecule has 0 aliphatic heterocycles. The fourth-order valence-corrected chi connectivity index (χ4v) is 3.31. The van der Waals surface area contributed by atoms with Crippen LogP contribution < -0.4 is 21.7 Å². The van der Waals surface area contributed by atoms with Crippen molar-refractivity contribution in [3.05, 3.63) is 18.2 Å². The van der Waals surface area contributed by atoms with Crippen molar-refractivity contribution in [2.24, 2.45) is 23.5 Å². The maximum atomic E-state index is 13.2. The molecule has 11 heteroatoms. The van der Waals surface area contributed by atoms with E-state index in [2.05, 4.69) is 25.9 Å². The molecular formula is C23H40N6O5. The SMILES string of the molecule is CCC(C)C(NC(=O)C(N)C(C)C)C(=O)NC(CC(C)C)C(=O)NC(Cc1cnc[nH]1)C(=O)O. The second-order valence-corrected chi connectivity index (χ2v) is 9.51. The number of nitrogens with one attached hydrogen (secondary N) is 4. The third-order valence-electron chi connectivity index (χ3n) is 5.75. The standard InChI is InChI=1S/C23H40N6O5/c1-7-14(6)19(29-21(31)18(24)13(4)5)22(32)27-16(8-12(2)3)20(30)28-17(23(33)34)9-15-10-25-11-26-15/h10-14,16-19H,7-9,24H2,1-6H3,(H,25,26)(H,27,32)(H,28,30)(H,29,31)(H,33,34). The van der Waals surface area contributed by atoms with Gasteiger partial charge in [-0.3, -0.25) is 14.4 Å². The molecule has 192 valence electrons. The fourth-order valence-electron chi connectivity index (χ4n) is 3.31. The number of rotatable bonds is 14. The Morgan fingerprint density at radius 1 is 1.00 bits per heavy atom. The minimum atomic E-state index is -1.20. The second kappa shape index (κ2) is 13.7. The first-order valence-electron chi connectivity index (χ1n) is 11.7. The summed E-state index contributed by atoms with van der Waals surface area (Å²) >= 11 is 0. The van der Waals surface area contributed by atoms with Crippen LogP contribution in [0.25, 0.3) is 0 Å². The van der Waals surface area contributed by atoms with E-state index >= 15 is 0 Å². The molecule has 7 N–H and O–H groups in total. The van der Waals surface area contributed by atoms with E-state index in [1.54, 1.807) is 0 Å². The zero-order chi connectivity index (χ0) is 26.0. The van der Waals surface area contributed by atoms with E-state index in [0.29, 0.717) is 18.5 Å². The highest BCUT2D eigenvalue weighted by molar-refractivity contribution is 5.94. The molecule has 0 fully saturated rings. The Hall–Kier alpha value is -2.95. The molecular weight excluding hydrogens is 440 g/mol. The quantitative estimate of drug-likeness (QED) is 0.225. The Morgan fingerprint density at radius 2 is 1.62 bits per heavy atom. The van der Waals surface area contributed by atoms with Crippen LogP contribution in [0.4, 0.5) is 0 Å². The molecule has 1 aromatic rings. The van der Waals surface area contributed by atoms with E-state index in [4.69, 9.17) is 5.73 Å². The zero-order valence-corrected chi connectivity index (χ0v) is 20.9. The number of aromatic amines is 1. The van der Waals surface area contributed by atoms with Crippen molar-refractivity contribution < 1.29 is 24.3 Å². The number of carboxylic acid groups (broad SMARTS) is 1. The van der Waals surface area contributed by atoms with Crippen LogP contribution in [0.15, 0.2) is 12.5 Å². The lowest BCUT2D eigenvalue weighted by atomic mass is 9.95. The smallest absolute Gasteiger partial charge is 0.326 e. The minimum Gasteiger partial charge on any atom is -0.480 e. The Balaban J connectivity index is 3.01. The van der Waals surface area contributed by atoms with Gasteiger partial charge < -0.3 is 31.8 Å². The number of carbonyl (C=O) groups is 4. The Kier molecular flexibility index (Phi) is 11.7. The monoisotopic (exact) mass is 480 g/mol. The first-order chi connectivity index (χ1) is 15.9. The normalized spacial score (nSPS) is 15.8. The number of hydrogen-bond acceptors (Lipinski definition) is 6. The van der Waals surface area contributed by atoms with E-state index < -0.39 is 47.9 Å². The summed E-state index contributed by atoms with van der Waals surface area (Å²) in [5.74, 6) is -3.04. The largest absolute Gasteiger partial charge is 0.480 e. The van der Waals surface area contributed by atoms with E-state index in [0.717, 1.165) is 0 Å². The van der Waals surface area contributed by atoms with Crippen molar-refractivity contribution in [3.8, 4) is 0 Å². The molecule has 34 heavy (non-hydrogen) atoms. The summed E-state index contributed by atoms with van der Waals surface area (Å²) in [6.07, 6.45) is 3.83. The summed E-state index contributed by atoms with van der Waals surface area (Å²) in [5.41, 5.74) is 6.49. The average molecular weight is 481 g/mol. The maximum absolute atomic E-state index is 13.2. The second-order valence-electron chi connectivity index (χ2n) is 9.51. The molecule has 0 spiro atoms. The highest BCUT2D eigenvalue weighted by Gasteiger charge is 2.33. The maximum Gasteiger partial charge on any atom is 0.326 e.